The van der Waals surface area contributed by atoms with Crippen LogP contribution in [0.5, 0.6) is 0 Å². The molecule has 1 aliphatic heterocycles. The molecule has 0 saturated carbocycles. The summed E-state index contributed by atoms with van der Waals surface area (Å²) in [4.78, 5) is 12.5. The van der Waals surface area contributed by atoms with Crippen molar-refractivity contribution in [1.29, 1.82) is 0 Å². The van der Waals surface area contributed by atoms with E-state index in [0.717, 1.165) is 56.2 Å². The number of hydrogen-bond donors (Lipinski definition) is 0. The summed E-state index contributed by atoms with van der Waals surface area (Å²) in [5.74, 6) is -0.197. The van der Waals surface area contributed by atoms with Gasteiger partial charge in [-0.2, -0.15) is 4.67 Å². The Bertz CT molecular complexity index is 1170. The minimum absolute atomic E-state index is 0.197. The molecule has 1 fully saturated rings. The van der Waals surface area contributed by atoms with Gasteiger partial charge in [-0.25, -0.2) is 0 Å². The van der Waals surface area contributed by atoms with E-state index in [9.17, 15) is 4.79 Å². The SMILES string of the molecule is COC(=O)[C@@H]1CCCN1p1oc2ccc3c(c2c2c4c(ccc2o1)CCCC4)CCCC3. The Hall–Kier alpha value is -2.23. The van der Waals surface area contributed by atoms with Gasteiger partial charge in [0.05, 0.1) is 7.11 Å². The second-order valence-electron chi connectivity index (χ2n) is 9.33. The molecule has 0 spiro atoms. The van der Waals surface area contributed by atoms with E-state index >= 15 is 0 Å². The Kier molecular flexibility index (Phi) is 5.27. The van der Waals surface area contributed by atoms with Crippen LogP contribution in [0.15, 0.2) is 32.7 Å². The van der Waals surface area contributed by atoms with Crippen molar-refractivity contribution in [1.82, 2.24) is 0 Å². The lowest BCUT2D eigenvalue weighted by molar-refractivity contribution is -0.141. The molecule has 0 N–H and O–H groups in total. The van der Waals surface area contributed by atoms with Crippen molar-refractivity contribution in [2.24, 2.45) is 0 Å². The van der Waals surface area contributed by atoms with Crippen LogP contribution in [0.25, 0.3) is 21.9 Å². The number of aryl methyl sites for hydroxylation is 4. The van der Waals surface area contributed by atoms with Crippen molar-refractivity contribution >= 4 is 36.1 Å². The largest absolute Gasteiger partial charge is 0.468 e. The Morgan fingerprint density at radius 2 is 1.44 bits per heavy atom. The van der Waals surface area contributed by atoms with E-state index in [1.165, 1.54) is 65.8 Å². The average molecular weight is 452 g/mol. The third kappa shape index (κ3) is 3.29. The molecule has 5 nitrogen and oxygen atoms in total. The summed E-state index contributed by atoms with van der Waals surface area (Å²) in [5.41, 5.74) is 7.64. The average Bonchev–Trinajstić information content (AvgIpc) is 3.26. The molecule has 1 saturated heterocycles. The van der Waals surface area contributed by atoms with E-state index in [1.807, 2.05) is 0 Å². The molecule has 32 heavy (non-hydrogen) atoms. The van der Waals surface area contributed by atoms with Gasteiger partial charge < -0.3 is 13.1 Å². The lowest BCUT2D eigenvalue weighted by Gasteiger charge is -2.20. The molecule has 2 aliphatic carbocycles. The molecule has 1 atom stereocenters. The molecule has 0 bridgehead atoms. The molecule has 1 aromatic heterocycles. The molecule has 2 aromatic carbocycles. The monoisotopic (exact) mass is 451 g/mol. The summed E-state index contributed by atoms with van der Waals surface area (Å²) in [6.45, 7) is 0.784. The summed E-state index contributed by atoms with van der Waals surface area (Å²) in [5, 5.41) is 2.52. The highest BCUT2D eigenvalue weighted by Gasteiger charge is 2.36. The topological polar surface area (TPSA) is 55.8 Å². The van der Waals surface area contributed by atoms with Crippen molar-refractivity contribution in [3.63, 3.8) is 0 Å². The van der Waals surface area contributed by atoms with Crippen molar-refractivity contribution in [2.75, 3.05) is 18.3 Å². The van der Waals surface area contributed by atoms with Crippen LogP contribution < -0.4 is 4.67 Å². The quantitative estimate of drug-likeness (QED) is 0.427. The number of carbonyl (C=O) groups is 1. The number of nitrogens with zero attached hydrogens (tertiary/aromatic N) is 1. The Labute approximate surface area is 189 Å². The van der Waals surface area contributed by atoms with Crippen LogP contribution in [0.4, 0.5) is 0 Å². The maximum Gasteiger partial charge on any atom is 0.323 e. The van der Waals surface area contributed by atoms with Crippen LogP contribution >= 0.6 is 8.16 Å². The van der Waals surface area contributed by atoms with Crippen LogP contribution in [-0.4, -0.2) is 25.7 Å². The van der Waals surface area contributed by atoms with Gasteiger partial charge >= 0.3 is 14.1 Å². The minimum Gasteiger partial charge on any atom is -0.468 e. The molecule has 0 amide bonds. The zero-order valence-electron chi connectivity index (χ0n) is 18.7. The van der Waals surface area contributed by atoms with Gasteiger partial charge in [-0.1, -0.05) is 12.1 Å². The predicted octanol–water partition coefficient (Wildman–Crippen LogP) is 6.32. The Balaban J connectivity index is 1.68. The van der Waals surface area contributed by atoms with E-state index in [4.69, 9.17) is 13.1 Å². The van der Waals surface area contributed by atoms with Crippen molar-refractivity contribution in [2.45, 2.75) is 70.3 Å². The van der Waals surface area contributed by atoms with Gasteiger partial charge in [-0.05, 0) is 98.6 Å². The number of rotatable bonds is 2. The second-order valence-corrected chi connectivity index (χ2v) is 10.7. The van der Waals surface area contributed by atoms with Crippen LogP contribution in [0.3, 0.4) is 0 Å². The van der Waals surface area contributed by atoms with Gasteiger partial charge in [0.25, 0.3) is 0 Å². The molecule has 6 heteroatoms. The molecule has 2 heterocycles. The lowest BCUT2D eigenvalue weighted by atomic mass is 9.84. The number of ether oxygens (including phenoxy) is 1. The van der Waals surface area contributed by atoms with Gasteiger partial charge in [0.15, 0.2) is 0 Å². The highest BCUT2D eigenvalue weighted by molar-refractivity contribution is 7.39. The first-order valence-electron chi connectivity index (χ1n) is 12.0. The highest BCUT2D eigenvalue weighted by atomic mass is 31.1. The van der Waals surface area contributed by atoms with Crippen molar-refractivity contribution in [3.05, 3.63) is 46.5 Å². The second kappa shape index (κ2) is 8.28. The maximum atomic E-state index is 12.5. The van der Waals surface area contributed by atoms with Crippen molar-refractivity contribution < 1.29 is 17.9 Å². The van der Waals surface area contributed by atoms with Gasteiger partial charge in [-0.3, -0.25) is 4.79 Å². The molecular formula is C26H30NO4P. The first kappa shape index (κ1) is 20.4. The first-order valence-corrected chi connectivity index (χ1v) is 13.2. The van der Waals surface area contributed by atoms with E-state index in [-0.39, 0.29) is 12.0 Å². The third-order valence-corrected chi connectivity index (χ3v) is 9.10. The predicted molar refractivity (Wildman–Crippen MR) is 128 cm³/mol. The van der Waals surface area contributed by atoms with Crippen LogP contribution in [0.2, 0.25) is 0 Å². The highest BCUT2D eigenvalue weighted by Crippen LogP contribution is 2.44. The first-order chi connectivity index (χ1) is 15.7. The van der Waals surface area contributed by atoms with Crippen molar-refractivity contribution in [3.8, 4) is 0 Å². The number of methoxy groups -OCH3 is 1. The number of benzene rings is 2. The van der Waals surface area contributed by atoms with Crippen LogP contribution in [0.1, 0.15) is 60.8 Å². The fourth-order valence-corrected chi connectivity index (χ4v) is 7.56. The summed E-state index contributed by atoms with van der Waals surface area (Å²) in [6.07, 6.45) is 11.1. The summed E-state index contributed by atoms with van der Waals surface area (Å²) < 4.78 is 20.5. The van der Waals surface area contributed by atoms with E-state index < -0.39 is 8.16 Å². The summed E-state index contributed by atoms with van der Waals surface area (Å²) in [6, 6.07) is 8.51. The van der Waals surface area contributed by atoms with E-state index in [2.05, 4.69) is 28.9 Å². The number of fused-ring (bicyclic) bond motifs is 7. The van der Waals surface area contributed by atoms with Gasteiger partial charge in [-0.15, -0.1) is 0 Å². The van der Waals surface area contributed by atoms with Gasteiger partial charge in [0, 0.05) is 17.3 Å². The minimum atomic E-state index is -1.44. The molecule has 168 valence electrons. The fraction of sp³-hybridized carbons (Fsp3) is 0.500. The van der Waals surface area contributed by atoms with E-state index in [1.54, 1.807) is 0 Å². The van der Waals surface area contributed by atoms with Gasteiger partial charge in [0.1, 0.15) is 17.2 Å². The lowest BCUT2D eigenvalue weighted by Crippen LogP contribution is -2.34. The Morgan fingerprint density at radius 3 is 2.00 bits per heavy atom. The normalized spacial score (nSPS) is 20.8. The molecule has 3 aromatic rings. The van der Waals surface area contributed by atoms with Crippen LogP contribution in [0, 0.1) is 0 Å². The Morgan fingerprint density at radius 1 is 0.875 bits per heavy atom. The molecular weight excluding hydrogens is 421 g/mol. The molecule has 0 radical (unpaired) electrons. The molecule has 3 aliphatic rings. The molecule has 6 rings (SSSR count). The number of esters is 1. The maximum absolute atomic E-state index is 12.5. The molecule has 0 unspecified atom stereocenters. The summed E-state index contributed by atoms with van der Waals surface area (Å²) >= 11 is 0. The number of carbonyl (C=O) groups excluding carboxylic acids is 1. The van der Waals surface area contributed by atoms with E-state index in [0.29, 0.717) is 0 Å². The zero-order chi connectivity index (χ0) is 21.7. The smallest absolute Gasteiger partial charge is 0.323 e. The fourth-order valence-electron chi connectivity index (χ4n) is 5.93. The zero-order valence-corrected chi connectivity index (χ0v) is 19.6. The standard InChI is InChI=1S/C26H30NO4P/c1-29-26(28)21-11-6-16-27(21)32-30-22-14-12-17-7-2-4-9-19(17)24(22)25-20-10-5-3-8-18(20)13-15-23(25)31-32/h12-15,21H,2-11,16H2,1H3/t21-/m0/s1. The van der Waals surface area contributed by atoms with Gasteiger partial charge in [0.2, 0.25) is 0 Å². The third-order valence-electron chi connectivity index (χ3n) is 7.50. The van der Waals surface area contributed by atoms with Crippen LogP contribution in [-0.2, 0) is 35.2 Å². The number of hydrogen-bond acceptors (Lipinski definition) is 5. The summed E-state index contributed by atoms with van der Waals surface area (Å²) in [7, 11) is 0.0181.